The van der Waals surface area contributed by atoms with Crippen LogP contribution in [0.2, 0.25) is 0 Å². The normalized spacial score (nSPS) is 29.0. The van der Waals surface area contributed by atoms with Gasteiger partial charge in [-0.25, -0.2) is 0 Å². The van der Waals surface area contributed by atoms with Crippen LogP contribution in [0.4, 0.5) is 13.2 Å². The fourth-order valence-electron chi connectivity index (χ4n) is 5.44. The Kier molecular flexibility index (Phi) is 5.68. The summed E-state index contributed by atoms with van der Waals surface area (Å²) in [5.41, 5.74) is 0.125. The van der Waals surface area contributed by atoms with Gasteiger partial charge in [0.2, 0.25) is 5.91 Å². The Morgan fingerprint density at radius 3 is 2.61 bits per heavy atom. The highest BCUT2D eigenvalue weighted by atomic mass is 19.4. The minimum atomic E-state index is -4.30. The first-order chi connectivity index (χ1) is 13.4. The number of amides is 1. The number of carbonyl (C=O) groups excluding carboxylic acids is 1. The van der Waals surface area contributed by atoms with E-state index in [1.165, 1.54) is 18.6 Å². The second kappa shape index (κ2) is 8.05. The second-order valence-electron chi connectivity index (χ2n) is 8.84. The van der Waals surface area contributed by atoms with Crippen molar-refractivity contribution in [1.82, 2.24) is 10.2 Å². The van der Waals surface area contributed by atoms with Crippen molar-refractivity contribution in [1.29, 1.82) is 0 Å². The van der Waals surface area contributed by atoms with Crippen molar-refractivity contribution in [2.75, 3.05) is 13.1 Å². The van der Waals surface area contributed by atoms with Crippen LogP contribution in [0.15, 0.2) is 24.3 Å². The minimum absolute atomic E-state index is 0.176. The number of nitrogens with one attached hydrogen (secondary N) is 1. The van der Waals surface area contributed by atoms with Crippen LogP contribution in [0.3, 0.4) is 0 Å². The van der Waals surface area contributed by atoms with E-state index in [1.807, 2.05) is 0 Å². The van der Waals surface area contributed by atoms with Gasteiger partial charge in [0, 0.05) is 31.6 Å². The van der Waals surface area contributed by atoms with Crippen molar-refractivity contribution in [2.24, 2.45) is 17.8 Å². The highest BCUT2D eigenvalue weighted by molar-refractivity contribution is 5.79. The van der Waals surface area contributed by atoms with Crippen LogP contribution >= 0.6 is 0 Å². The number of rotatable bonds is 4. The average Bonchev–Trinajstić information content (AvgIpc) is 3.23. The third-order valence-corrected chi connectivity index (χ3v) is 6.90. The molecule has 0 radical (unpaired) electrons. The van der Waals surface area contributed by atoms with Crippen LogP contribution < -0.4 is 5.32 Å². The Morgan fingerprint density at radius 1 is 1.07 bits per heavy atom. The molecule has 0 aromatic heterocycles. The van der Waals surface area contributed by atoms with Gasteiger partial charge in [-0.3, -0.25) is 9.69 Å². The van der Waals surface area contributed by atoms with Crippen LogP contribution in [0.1, 0.15) is 56.1 Å². The molecule has 1 aliphatic heterocycles. The molecule has 6 heteroatoms. The number of hydrogen-bond acceptors (Lipinski definition) is 2. The molecule has 1 heterocycles. The lowest BCUT2D eigenvalue weighted by Crippen LogP contribution is -2.43. The lowest BCUT2D eigenvalue weighted by atomic mass is 9.88. The molecule has 0 bridgehead atoms. The summed E-state index contributed by atoms with van der Waals surface area (Å²) in [6.45, 7) is 2.31. The average molecular weight is 394 g/mol. The maximum absolute atomic E-state index is 12.9. The SMILES string of the molecule is O=C(NC1CCC2CN(Cc3cccc(C(F)(F)F)c3)CC21)C1CCCCC1. The van der Waals surface area contributed by atoms with E-state index >= 15 is 0 Å². The van der Waals surface area contributed by atoms with Crippen LogP contribution in [0.25, 0.3) is 0 Å². The largest absolute Gasteiger partial charge is 0.416 e. The molecule has 3 fully saturated rings. The number of fused-ring (bicyclic) bond motifs is 1. The first-order valence-electron chi connectivity index (χ1n) is 10.6. The molecule has 28 heavy (non-hydrogen) atoms. The summed E-state index contributed by atoms with van der Waals surface area (Å²) in [6, 6.07) is 5.87. The molecule has 0 spiro atoms. The zero-order chi connectivity index (χ0) is 19.7. The summed E-state index contributed by atoms with van der Waals surface area (Å²) in [5, 5.41) is 3.32. The molecular weight excluding hydrogens is 365 g/mol. The minimum Gasteiger partial charge on any atom is -0.353 e. The lowest BCUT2D eigenvalue weighted by molar-refractivity contribution is -0.137. The summed E-state index contributed by atoms with van der Waals surface area (Å²) in [5.74, 6) is 1.37. The van der Waals surface area contributed by atoms with Gasteiger partial charge in [-0.2, -0.15) is 13.2 Å². The number of alkyl halides is 3. The summed E-state index contributed by atoms with van der Waals surface area (Å²) in [7, 11) is 0. The Bertz CT molecular complexity index is 699. The first kappa shape index (κ1) is 19.7. The van der Waals surface area contributed by atoms with E-state index in [1.54, 1.807) is 6.07 Å². The fourth-order valence-corrected chi connectivity index (χ4v) is 5.44. The highest BCUT2D eigenvalue weighted by Gasteiger charge is 2.43. The Labute approximate surface area is 164 Å². The van der Waals surface area contributed by atoms with Gasteiger partial charge in [0.05, 0.1) is 5.56 Å². The van der Waals surface area contributed by atoms with Gasteiger partial charge in [0.25, 0.3) is 0 Å². The second-order valence-corrected chi connectivity index (χ2v) is 8.84. The third-order valence-electron chi connectivity index (χ3n) is 6.90. The van der Waals surface area contributed by atoms with E-state index < -0.39 is 11.7 Å². The van der Waals surface area contributed by atoms with Crippen molar-refractivity contribution in [3.05, 3.63) is 35.4 Å². The van der Waals surface area contributed by atoms with Gasteiger partial charge in [-0.15, -0.1) is 0 Å². The Hall–Kier alpha value is -1.56. The van der Waals surface area contributed by atoms with Crippen molar-refractivity contribution in [2.45, 2.75) is 63.7 Å². The smallest absolute Gasteiger partial charge is 0.353 e. The number of likely N-dealkylation sites (tertiary alicyclic amines) is 1. The lowest BCUT2D eigenvalue weighted by Gasteiger charge is -2.26. The van der Waals surface area contributed by atoms with E-state index in [2.05, 4.69) is 10.2 Å². The van der Waals surface area contributed by atoms with Crippen LogP contribution in [-0.2, 0) is 17.5 Å². The third kappa shape index (κ3) is 4.37. The molecule has 2 aliphatic carbocycles. The fraction of sp³-hybridized carbons (Fsp3) is 0.682. The number of halogens is 3. The van der Waals surface area contributed by atoms with Gasteiger partial charge in [0.15, 0.2) is 0 Å². The molecule has 1 N–H and O–H groups in total. The quantitative estimate of drug-likeness (QED) is 0.809. The zero-order valence-corrected chi connectivity index (χ0v) is 16.2. The molecule has 154 valence electrons. The van der Waals surface area contributed by atoms with E-state index in [-0.39, 0.29) is 17.9 Å². The topological polar surface area (TPSA) is 32.3 Å². The monoisotopic (exact) mass is 394 g/mol. The van der Waals surface area contributed by atoms with E-state index in [4.69, 9.17) is 0 Å². The van der Waals surface area contributed by atoms with E-state index in [9.17, 15) is 18.0 Å². The summed E-state index contributed by atoms with van der Waals surface area (Å²) < 4.78 is 38.8. The van der Waals surface area contributed by atoms with Gasteiger partial charge < -0.3 is 5.32 Å². The van der Waals surface area contributed by atoms with Crippen molar-refractivity contribution < 1.29 is 18.0 Å². The van der Waals surface area contributed by atoms with E-state index in [0.29, 0.717) is 23.9 Å². The van der Waals surface area contributed by atoms with Crippen molar-refractivity contribution in [3.8, 4) is 0 Å². The number of benzene rings is 1. The zero-order valence-electron chi connectivity index (χ0n) is 16.2. The van der Waals surface area contributed by atoms with Crippen molar-refractivity contribution >= 4 is 5.91 Å². The predicted molar refractivity (Wildman–Crippen MR) is 101 cm³/mol. The number of hydrogen-bond donors (Lipinski definition) is 1. The number of carbonyl (C=O) groups is 1. The van der Waals surface area contributed by atoms with Gasteiger partial charge in [-0.05, 0) is 49.1 Å². The molecule has 3 atom stereocenters. The molecule has 2 saturated carbocycles. The molecule has 3 aliphatic rings. The van der Waals surface area contributed by atoms with Crippen LogP contribution in [0.5, 0.6) is 0 Å². The summed E-state index contributed by atoms with van der Waals surface area (Å²) >= 11 is 0. The molecule has 3 nitrogen and oxygen atoms in total. The number of nitrogens with zero attached hydrogens (tertiary/aromatic N) is 1. The van der Waals surface area contributed by atoms with Crippen LogP contribution in [0, 0.1) is 17.8 Å². The standard InChI is InChI=1S/C22H29F3N2O/c23-22(24,25)18-8-4-5-15(11-18)12-27-13-17-9-10-20(19(17)14-27)26-21(28)16-6-2-1-3-7-16/h4-5,8,11,16-17,19-20H,1-3,6-7,9-10,12-14H2,(H,26,28). The van der Waals surface area contributed by atoms with Crippen LogP contribution in [-0.4, -0.2) is 29.9 Å². The Balaban J connectivity index is 1.34. The van der Waals surface area contributed by atoms with Crippen molar-refractivity contribution in [3.63, 3.8) is 0 Å². The Morgan fingerprint density at radius 2 is 1.86 bits per heavy atom. The molecule has 3 unspecified atom stereocenters. The molecule has 1 amide bonds. The molecular formula is C22H29F3N2O. The molecule has 1 aromatic carbocycles. The van der Waals surface area contributed by atoms with Gasteiger partial charge in [-0.1, -0.05) is 37.5 Å². The summed E-state index contributed by atoms with van der Waals surface area (Å²) in [6.07, 6.45) is 3.39. The predicted octanol–water partition coefficient (Wildman–Crippen LogP) is 4.61. The van der Waals surface area contributed by atoms with Gasteiger partial charge >= 0.3 is 6.18 Å². The van der Waals surface area contributed by atoms with E-state index in [0.717, 1.165) is 57.7 Å². The maximum atomic E-state index is 12.9. The maximum Gasteiger partial charge on any atom is 0.416 e. The molecule has 1 saturated heterocycles. The first-order valence-corrected chi connectivity index (χ1v) is 10.6. The molecule has 1 aromatic rings. The highest BCUT2D eigenvalue weighted by Crippen LogP contribution is 2.39. The molecule has 4 rings (SSSR count). The van der Waals surface area contributed by atoms with Gasteiger partial charge in [0.1, 0.15) is 0 Å². The summed E-state index contributed by atoms with van der Waals surface area (Å²) in [4.78, 5) is 14.9.